The molecule has 0 unspecified atom stereocenters. The number of rotatable bonds is 6. The third kappa shape index (κ3) is 4.21. The van der Waals surface area contributed by atoms with Gasteiger partial charge in [0, 0.05) is 13.0 Å². The van der Waals surface area contributed by atoms with Crippen LogP contribution in [0.5, 0.6) is 0 Å². The minimum absolute atomic E-state index is 0.0761. The molecule has 2 rings (SSSR count). The highest BCUT2D eigenvalue weighted by molar-refractivity contribution is 5.98. The van der Waals surface area contributed by atoms with Gasteiger partial charge in [-0.2, -0.15) is 0 Å². The van der Waals surface area contributed by atoms with Crippen molar-refractivity contribution in [1.82, 2.24) is 10.2 Å². The number of furan rings is 1. The van der Waals surface area contributed by atoms with Crippen LogP contribution < -0.4 is 5.32 Å². The van der Waals surface area contributed by atoms with Crippen molar-refractivity contribution in [3.63, 3.8) is 0 Å². The Kier molecular flexibility index (Phi) is 5.73. The molecule has 1 N–H and O–H groups in total. The van der Waals surface area contributed by atoms with Gasteiger partial charge in [-0.25, -0.2) is 4.79 Å². The average Bonchev–Trinajstić information content (AvgIpc) is 3.20. The quantitative estimate of drug-likeness (QED) is 0.768. The van der Waals surface area contributed by atoms with E-state index in [1.165, 1.54) is 12.3 Å². The number of amides is 3. The summed E-state index contributed by atoms with van der Waals surface area (Å²) in [5.41, 5.74) is 0. The van der Waals surface area contributed by atoms with Crippen LogP contribution in [0.1, 0.15) is 37.2 Å². The number of ether oxygens (including phenoxy) is 1. The zero-order chi connectivity index (χ0) is 17.7. The number of esters is 1. The third-order valence-electron chi connectivity index (χ3n) is 3.66. The molecule has 1 aliphatic heterocycles. The summed E-state index contributed by atoms with van der Waals surface area (Å²) >= 11 is 0. The summed E-state index contributed by atoms with van der Waals surface area (Å²) in [6.07, 6.45) is 2.29. The highest BCUT2D eigenvalue weighted by Crippen LogP contribution is 2.11. The standard InChI is InChI=1S/C16H20N2O6/c1-10(2)14(17-15(21)11-5-4-8-23-11)16(22)24-9-13(20)18-7-3-6-12(18)19/h4-5,8,10,14H,3,6-7,9H2,1-2H3,(H,17,21)/t14-/m0/s1. The number of carbonyl (C=O) groups is 4. The van der Waals surface area contributed by atoms with Gasteiger partial charge in [-0.05, 0) is 24.5 Å². The monoisotopic (exact) mass is 336 g/mol. The second-order valence-corrected chi connectivity index (χ2v) is 5.82. The van der Waals surface area contributed by atoms with Gasteiger partial charge in [-0.15, -0.1) is 0 Å². The summed E-state index contributed by atoms with van der Waals surface area (Å²) in [5, 5.41) is 2.52. The molecule has 0 radical (unpaired) electrons. The molecule has 1 aliphatic rings. The topological polar surface area (TPSA) is 106 Å². The first kappa shape index (κ1) is 17.7. The van der Waals surface area contributed by atoms with E-state index in [4.69, 9.17) is 9.15 Å². The number of hydrogen-bond acceptors (Lipinski definition) is 6. The molecule has 1 aromatic heterocycles. The molecule has 2 heterocycles. The Bertz CT molecular complexity index is 623. The molecule has 0 aliphatic carbocycles. The maximum absolute atomic E-state index is 12.2. The van der Waals surface area contributed by atoms with Gasteiger partial charge in [0.05, 0.1) is 6.26 Å². The molecule has 1 saturated heterocycles. The summed E-state index contributed by atoms with van der Waals surface area (Å²) in [6, 6.07) is 2.11. The lowest BCUT2D eigenvalue weighted by Crippen LogP contribution is -2.46. The van der Waals surface area contributed by atoms with Gasteiger partial charge in [0.15, 0.2) is 12.4 Å². The molecular formula is C16H20N2O6. The first-order valence-corrected chi connectivity index (χ1v) is 7.74. The SMILES string of the molecule is CC(C)[C@H](NC(=O)c1ccco1)C(=O)OCC(=O)N1CCCC1=O. The molecule has 0 bridgehead atoms. The minimum Gasteiger partial charge on any atom is -0.459 e. The molecule has 0 spiro atoms. The molecular weight excluding hydrogens is 316 g/mol. The Morgan fingerprint density at radius 3 is 2.67 bits per heavy atom. The average molecular weight is 336 g/mol. The van der Waals surface area contributed by atoms with E-state index in [0.29, 0.717) is 19.4 Å². The fourth-order valence-corrected chi connectivity index (χ4v) is 2.33. The van der Waals surface area contributed by atoms with E-state index in [2.05, 4.69) is 5.32 Å². The molecule has 8 nitrogen and oxygen atoms in total. The van der Waals surface area contributed by atoms with E-state index in [0.717, 1.165) is 4.90 Å². The van der Waals surface area contributed by atoms with Crippen LogP contribution in [0.2, 0.25) is 0 Å². The fourth-order valence-electron chi connectivity index (χ4n) is 2.33. The van der Waals surface area contributed by atoms with Gasteiger partial charge >= 0.3 is 5.97 Å². The maximum atomic E-state index is 12.2. The molecule has 0 aromatic carbocycles. The van der Waals surface area contributed by atoms with Crippen molar-refractivity contribution < 1.29 is 28.3 Å². The molecule has 1 aromatic rings. The van der Waals surface area contributed by atoms with Gasteiger partial charge in [-0.3, -0.25) is 19.3 Å². The number of nitrogens with one attached hydrogen (secondary N) is 1. The molecule has 8 heteroatoms. The zero-order valence-corrected chi connectivity index (χ0v) is 13.6. The highest BCUT2D eigenvalue weighted by Gasteiger charge is 2.30. The Labute approximate surface area is 139 Å². The third-order valence-corrected chi connectivity index (χ3v) is 3.66. The number of nitrogens with zero attached hydrogens (tertiary/aromatic N) is 1. The first-order chi connectivity index (χ1) is 11.4. The van der Waals surface area contributed by atoms with E-state index < -0.39 is 30.4 Å². The van der Waals surface area contributed by atoms with Crippen LogP contribution in [-0.4, -0.2) is 47.8 Å². The van der Waals surface area contributed by atoms with Crippen LogP contribution in [0.15, 0.2) is 22.8 Å². The Hall–Kier alpha value is -2.64. The smallest absolute Gasteiger partial charge is 0.329 e. The molecule has 1 fully saturated rings. The predicted molar refractivity (Wildman–Crippen MR) is 81.7 cm³/mol. The summed E-state index contributed by atoms with van der Waals surface area (Å²) in [4.78, 5) is 48.6. The fraction of sp³-hybridized carbons (Fsp3) is 0.500. The Morgan fingerprint density at radius 1 is 1.38 bits per heavy atom. The second-order valence-electron chi connectivity index (χ2n) is 5.82. The van der Waals surface area contributed by atoms with Crippen LogP contribution in [0.4, 0.5) is 0 Å². The van der Waals surface area contributed by atoms with Crippen LogP contribution in [-0.2, 0) is 19.1 Å². The van der Waals surface area contributed by atoms with Gasteiger partial charge in [0.2, 0.25) is 5.91 Å². The lowest BCUT2D eigenvalue weighted by Gasteiger charge is -2.21. The van der Waals surface area contributed by atoms with Gasteiger partial charge < -0.3 is 14.5 Å². The van der Waals surface area contributed by atoms with E-state index in [1.54, 1.807) is 19.9 Å². The summed E-state index contributed by atoms with van der Waals surface area (Å²) < 4.78 is 9.95. The van der Waals surface area contributed by atoms with Crippen molar-refractivity contribution in [2.75, 3.05) is 13.2 Å². The van der Waals surface area contributed by atoms with Crippen molar-refractivity contribution >= 4 is 23.7 Å². The van der Waals surface area contributed by atoms with Gasteiger partial charge in [-0.1, -0.05) is 13.8 Å². The van der Waals surface area contributed by atoms with Crippen molar-refractivity contribution in [1.29, 1.82) is 0 Å². The highest BCUT2D eigenvalue weighted by atomic mass is 16.5. The largest absolute Gasteiger partial charge is 0.459 e. The van der Waals surface area contributed by atoms with Crippen LogP contribution in [0, 0.1) is 5.92 Å². The number of likely N-dealkylation sites (tertiary alicyclic amines) is 1. The van der Waals surface area contributed by atoms with E-state index in [1.807, 2.05) is 0 Å². The minimum atomic E-state index is -0.926. The van der Waals surface area contributed by atoms with Crippen molar-refractivity contribution in [2.24, 2.45) is 5.92 Å². The molecule has 3 amide bonds. The number of imide groups is 1. The zero-order valence-electron chi connectivity index (χ0n) is 13.6. The Balaban J connectivity index is 1.90. The summed E-state index contributed by atoms with van der Waals surface area (Å²) in [6.45, 7) is 3.29. The van der Waals surface area contributed by atoms with Crippen LogP contribution in [0.3, 0.4) is 0 Å². The number of carbonyl (C=O) groups excluding carboxylic acids is 4. The van der Waals surface area contributed by atoms with Crippen molar-refractivity contribution in [3.05, 3.63) is 24.2 Å². The summed E-state index contributed by atoms with van der Waals surface area (Å²) in [7, 11) is 0. The Morgan fingerprint density at radius 2 is 2.12 bits per heavy atom. The summed E-state index contributed by atoms with van der Waals surface area (Å²) in [5.74, 6) is -2.26. The van der Waals surface area contributed by atoms with E-state index in [9.17, 15) is 19.2 Å². The van der Waals surface area contributed by atoms with Gasteiger partial charge in [0.1, 0.15) is 6.04 Å². The maximum Gasteiger partial charge on any atom is 0.329 e. The molecule has 24 heavy (non-hydrogen) atoms. The second kappa shape index (κ2) is 7.76. The first-order valence-electron chi connectivity index (χ1n) is 7.74. The molecule has 1 atom stereocenters. The number of hydrogen-bond donors (Lipinski definition) is 1. The van der Waals surface area contributed by atoms with Crippen molar-refractivity contribution in [3.8, 4) is 0 Å². The lowest BCUT2D eigenvalue weighted by atomic mass is 10.0. The lowest BCUT2D eigenvalue weighted by molar-refractivity contribution is -0.156. The normalized spacial score (nSPS) is 15.5. The predicted octanol–water partition coefficient (Wildman–Crippen LogP) is 0.726. The molecule has 0 saturated carbocycles. The molecule has 130 valence electrons. The van der Waals surface area contributed by atoms with E-state index in [-0.39, 0.29) is 17.6 Å². The van der Waals surface area contributed by atoms with Gasteiger partial charge in [0.25, 0.3) is 11.8 Å². The van der Waals surface area contributed by atoms with Crippen LogP contribution >= 0.6 is 0 Å². The van der Waals surface area contributed by atoms with Crippen molar-refractivity contribution in [2.45, 2.75) is 32.7 Å². The van der Waals surface area contributed by atoms with E-state index >= 15 is 0 Å². The van der Waals surface area contributed by atoms with Crippen LogP contribution in [0.25, 0.3) is 0 Å².